The number of ether oxygens (including phenoxy) is 1. The van der Waals surface area contributed by atoms with Crippen LogP contribution in [0.4, 0.5) is 13.2 Å². The lowest BCUT2D eigenvalue weighted by atomic mass is 10.0. The molecule has 1 aliphatic rings. The van der Waals surface area contributed by atoms with Crippen molar-refractivity contribution in [2.75, 3.05) is 26.0 Å². The van der Waals surface area contributed by atoms with E-state index in [1.165, 1.54) is 19.2 Å². The molecule has 1 aliphatic heterocycles. The van der Waals surface area contributed by atoms with E-state index in [0.29, 0.717) is 0 Å². The lowest BCUT2D eigenvalue weighted by Crippen LogP contribution is -2.35. The maximum absolute atomic E-state index is 12.8. The maximum atomic E-state index is 12.8. The standard InChI is InChI=1S/C14H18F3NO4S/c1-22-5-6-23(20,21)18-9-12(19)8-13(18)10-3-2-4-11(7-10)14(15,16)17/h2-4,7,12-13,19H,5-6,8-9H2,1H3/t12-,13+/m0/s1. The van der Waals surface area contributed by atoms with Crippen LogP contribution in [0, 0.1) is 0 Å². The molecule has 2 rings (SSSR count). The van der Waals surface area contributed by atoms with Crippen LogP contribution in [0.5, 0.6) is 0 Å². The average Bonchev–Trinajstić information content (AvgIpc) is 2.87. The number of sulfonamides is 1. The normalized spacial score (nSPS) is 23.3. The summed E-state index contributed by atoms with van der Waals surface area (Å²) in [7, 11) is -2.37. The Bertz CT molecular complexity index is 648. The molecular weight excluding hydrogens is 335 g/mol. The van der Waals surface area contributed by atoms with E-state index < -0.39 is 33.9 Å². The van der Waals surface area contributed by atoms with Crippen LogP contribution in [-0.2, 0) is 20.9 Å². The lowest BCUT2D eigenvalue weighted by molar-refractivity contribution is -0.137. The van der Waals surface area contributed by atoms with E-state index in [1.54, 1.807) is 0 Å². The minimum atomic E-state index is -4.51. The Labute approximate surface area is 132 Å². The second-order valence-corrected chi connectivity index (χ2v) is 7.45. The molecule has 0 amide bonds. The Kier molecular flexibility index (Phi) is 5.34. The monoisotopic (exact) mass is 353 g/mol. The van der Waals surface area contributed by atoms with Crippen LogP contribution in [0.2, 0.25) is 0 Å². The molecule has 1 N–H and O–H groups in total. The molecule has 1 heterocycles. The van der Waals surface area contributed by atoms with Crippen LogP contribution in [0.15, 0.2) is 24.3 Å². The van der Waals surface area contributed by atoms with Gasteiger partial charge in [0.15, 0.2) is 0 Å². The van der Waals surface area contributed by atoms with Gasteiger partial charge in [-0.05, 0) is 24.1 Å². The van der Waals surface area contributed by atoms with Gasteiger partial charge in [0.2, 0.25) is 10.0 Å². The van der Waals surface area contributed by atoms with Gasteiger partial charge in [-0.1, -0.05) is 12.1 Å². The minimum absolute atomic E-state index is 0.0236. The highest BCUT2D eigenvalue weighted by Gasteiger charge is 2.40. The number of methoxy groups -OCH3 is 1. The zero-order valence-electron chi connectivity index (χ0n) is 12.5. The van der Waals surface area contributed by atoms with Crippen LogP contribution < -0.4 is 0 Å². The van der Waals surface area contributed by atoms with Crippen molar-refractivity contribution in [3.8, 4) is 0 Å². The number of alkyl halides is 3. The van der Waals surface area contributed by atoms with Gasteiger partial charge in [0.1, 0.15) is 0 Å². The SMILES string of the molecule is COCCS(=O)(=O)N1C[C@@H](O)C[C@@H]1c1cccc(C(F)(F)F)c1. The third-order valence-corrected chi connectivity index (χ3v) is 5.54. The Morgan fingerprint density at radius 1 is 1.39 bits per heavy atom. The molecule has 0 radical (unpaired) electrons. The molecular formula is C14H18F3NO4S. The summed E-state index contributed by atoms with van der Waals surface area (Å²) in [5.74, 6) is -0.286. The van der Waals surface area contributed by atoms with Crippen LogP contribution in [0.25, 0.3) is 0 Å². The summed E-state index contributed by atoms with van der Waals surface area (Å²) >= 11 is 0. The first-order valence-corrected chi connectivity index (χ1v) is 8.60. The van der Waals surface area contributed by atoms with Crippen molar-refractivity contribution in [3.05, 3.63) is 35.4 Å². The quantitative estimate of drug-likeness (QED) is 0.876. The number of aliphatic hydroxyl groups is 1. The Balaban J connectivity index is 2.33. The summed E-state index contributed by atoms with van der Waals surface area (Å²) in [5.41, 5.74) is -0.622. The van der Waals surface area contributed by atoms with Crippen LogP contribution in [0.1, 0.15) is 23.6 Å². The molecule has 5 nitrogen and oxygen atoms in total. The van der Waals surface area contributed by atoms with Gasteiger partial charge in [0.25, 0.3) is 0 Å². The van der Waals surface area contributed by atoms with Gasteiger partial charge in [-0.15, -0.1) is 0 Å². The number of halogens is 3. The van der Waals surface area contributed by atoms with E-state index in [2.05, 4.69) is 0 Å². The molecule has 0 aromatic heterocycles. The zero-order valence-corrected chi connectivity index (χ0v) is 13.3. The van der Waals surface area contributed by atoms with Gasteiger partial charge in [0.05, 0.1) is 30.1 Å². The Morgan fingerprint density at radius 2 is 2.09 bits per heavy atom. The number of aliphatic hydroxyl groups excluding tert-OH is 1. The number of benzene rings is 1. The minimum Gasteiger partial charge on any atom is -0.392 e. The van der Waals surface area contributed by atoms with Gasteiger partial charge < -0.3 is 9.84 Å². The molecule has 0 aliphatic carbocycles. The van der Waals surface area contributed by atoms with Gasteiger partial charge in [-0.3, -0.25) is 0 Å². The highest BCUT2D eigenvalue weighted by molar-refractivity contribution is 7.89. The number of rotatable bonds is 5. The molecule has 1 aromatic rings. The topological polar surface area (TPSA) is 66.8 Å². The summed E-state index contributed by atoms with van der Waals surface area (Å²) in [5, 5.41) is 9.79. The van der Waals surface area contributed by atoms with Crippen molar-refractivity contribution in [1.82, 2.24) is 4.31 Å². The van der Waals surface area contributed by atoms with E-state index >= 15 is 0 Å². The van der Waals surface area contributed by atoms with E-state index in [4.69, 9.17) is 4.74 Å². The fraction of sp³-hybridized carbons (Fsp3) is 0.571. The Morgan fingerprint density at radius 3 is 2.70 bits per heavy atom. The summed E-state index contributed by atoms with van der Waals surface area (Å²) in [4.78, 5) is 0. The van der Waals surface area contributed by atoms with Crippen molar-refractivity contribution in [1.29, 1.82) is 0 Å². The molecule has 9 heteroatoms. The summed E-state index contributed by atoms with van der Waals surface area (Å²) in [6.07, 6.45) is -5.35. The van der Waals surface area contributed by atoms with Gasteiger partial charge in [-0.2, -0.15) is 17.5 Å². The second-order valence-electron chi connectivity index (χ2n) is 5.41. The van der Waals surface area contributed by atoms with E-state index in [1.807, 2.05) is 0 Å². The van der Waals surface area contributed by atoms with Crippen molar-refractivity contribution in [3.63, 3.8) is 0 Å². The van der Waals surface area contributed by atoms with Crippen molar-refractivity contribution in [2.45, 2.75) is 24.7 Å². The summed E-state index contributed by atoms with van der Waals surface area (Å²) in [6, 6.07) is 3.73. The highest BCUT2D eigenvalue weighted by atomic mass is 32.2. The maximum Gasteiger partial charge on any atom is 0.416 e. The Hall–Kier alpha value is -1.16. The molecule has 0 unspecified atom stereocenters. The van der Waals surface area contributed by atoms with Crippen LogP contribution in [0.3, 0.4) is 0 Å². The van der Waals surface area contributed by atoms with Crippen molar-refractivity contribution >= 4 is 10.0 Å². The second kappa shape index (κ2) is 6.76. The number of hydrogen-bond donors (Lipinski definition) is 1. The lowest BCUT2D eigenvalue weighted by Gasteiger charge is -2.24. The fourth-order valence-corrected chi connectivity index (χ4v) is 4.23. The molecule has 1 fully saturated rings. The summed E-state index contributed by atoms with van der Waals surface area (Å²) in [6.45, 7) is -0.156. The predicted octanol–water partition coefficient (Wildman–Crippen LogP) is 1.79. The smallest absolute Gasteiger partial charge is 0.392 e. The van der Waals surface area contributed by atoms with E-state index in [0.717, 1.165) is 16.4 Å². The predicted molar refractivity (Wildman–Crippen MR) is 77.2 cm³/mol. The van der Waals surface area contributed by atoms with Gasteiger partial charge in [0, 0.05) is 13.7 Å². The molecule has 2 atom stereocenters. The molecule has 130 valence electrons. The molecule has 0 bridgehead atoms. The van der Waals surface area contributed by atoms with Crippen LogP contribution in [-0.4, -0.2) is 49.9 Å². The summed E-state index contributed by atoms with van der Waals surface area (Å²) < 4.78 is 68.9. The molecule has 0 spiro atoms. The third kappa shape index (κ3) is 4.23. The van der Waals surface area contributed by atoms with E-state index in [9.17, 15) is 26.7 Å². The first-order chi connectivity index (χ1) is 10.6. The average molecular weight is 353 g/mol. The largest absolute Gasteiger partial charge is 0.416 e. The zero-order chi connectivity index (χ0) is 17.3. The third-order valence-electron chi connectivity index (χ3n) is 3.74. The van der Waals surface area contributed by atoms with Crippen molar-refractivity contribution in [2.24, 2.45) is 0 Å². The van der Waals surface area contributed by atoms with Crippen LogP contribution >= 0.6 is 0 Å². The van der Waals surface area contributed by atoms with Gasteiger partial charge in [-0.25, -0.2) is 8.42 Å². The fourth-order valence-electron chi connectivity index (χ4n) is 2.62. The number of hydrogen-bond acceptors (Lipinski definition) is 4. The van der Waals surface area contributed by atoms with Crippen molar-refractivity contribution < 1.29 is 31.4 Å². The number of β-amino-alcohol motifs (C(OH)–C–C–N with tert-alkyl or cyclic N) is 1. The van der Waals surface area contributed by atoms with Gasteiger partial charge >= 0.3 is 6.18 Å². The molecule has 23 heavy (non-hydrogen) atoms. The number of nitrogens with zero attached hydrogens (tertiary/aromatic N) is 1. The van der Waals surface area contributed by atoms with E-state index in [-0.39, 0.29) is 30.9 Å². The molecule has 1 saturated heterocycles. The highest BCUT2D eigenvalue weighted by Crippen LogP contribution is 2.37. The first-order valence-electron chi connectivity index (χ1n) is 6.99. The molecule has 0 saturated carbocycles. The molecule has 1 aromatic carbocycles. The first kappa shape index (κ1) is 18.2.